The van der Waals surface area contributed by atoms with E-state index in [2.05, 4.69) is 40.4 Å². The van der Waals surface area contributed by atoms with Crippen molar-refractivity contribution >= 4 is 27.1 Å². The highest BCUT2D eigenvalue weighted by atomic mass is 32.2. The van der Waals surface area contributed by atoms with Gasteiger partial charge in [-0.05, 0) is 81.0 Å². The van der Waals surface area contributed by atoms with E-state index in [9.17, 15) is 13.2 Å². The lowest BCUT2D eigenvalue weighted by Gasteiger charge is -2.35. The number of amides is 1. The number of benzene rings is 1. The van der Waals surface area contributed by atoms with Gasteiger partial charge in [0.15, 0.2) is 9.84 Å². The van der Waals surface area contributed by atoms with Crippen LogP contribution in [0.25, 0.3) is 5.57 Å². The first-order valence-corrected chi connectivity index (χ1v) is 15.3. The van der Waals surface area contributed by atoms with Crippen LogP contribution in [0.5, 0.6) is 0 Å². The Hall–Kier alpha value is -2.97. The second-order valence-electron chi connectivity index (χ2n) is 11.1. The molecular formula is C30H38N4O3S. The molecule has 38 heavy (non-hydrogen) atoms. The number of aryl methyl sites for hydroxylation is 1. The van der Waals surface area contributed by atoms with E-state index in [1.54, 1.807) is 25.1 Å². The van der Waals surface area contributed by atoms with Crippen LogP contribution >= 0.6 is 0 Å². The van der Waals surface area contributed by atoms with Crippen molar-refractivity contribution in [3.63, 3.8) is 0 Å². The van der Waals surface area contributed by atoms with Crippen molar-refractivity contribution in [3.8, 4) is 0 Å². The fourth-order valence-corrected chi connectivity index (χ4v) is 6.88. The number of likely N-dealkylation sites (tertiary alicyclic amines) is 1. The minimum Gasteiger partial charge on any atom is -0.362 e. The number of hydrogen-bond donors (Lipinski definition) is 2. The lowest BCUT2D eigenvalue weighted by molar-refractivity contribution is -0.118. The largest absolute Gasteiger partial charge is 0.362 e. The third-order valence-corrected chi connectivity index (χ3v) is 10.0. The van der Waals surface area contributed by atoms with Gasteiger partial charge < -0.3 is 15.5 Å². The number of aromatic nitrogens is 1. The first-order chi connectivity index (χ1) is 18.1. The molecule has 202 valence electrons. The van der Waals surface area contributed by atoms with Crippen molar-refractivity contribution in [2.24, 2.45) is 0 Å². The summed E-state index contributed by atoms with van der Waals surface area (Å²) in [7, 11) is -3.37. The molecule has 1 fully saturated rings. The average Bonchev–Trinajstić information content (AvgIpc) is 3.28. The van der Waals surface area contributed by atoms with Crippen molar-refractivity contribution in [1.82, 2.24) is 15.2 Å². The number of anilines is 1. The summed E-state index contributed by atoms with van der Waals surface area (Å²) in [6, 6.07) is 9.79. The van der Waals surface area contributed by atoms with E-state index in [0.717, 1.165) is 59.6 Å². The van der Waals surface area contributed by atoms with E-state index >= 15 is 0 Å². The molecular weight excluding hydrogens is 496 g/mol. The number of hydrogen-bond acceptors (Lipinski definition) is 6. The van der Waals surface area contributed by atoms with Crippen molar-refractivity contribution in [2.45, 2.75) is 76.4 Å². The molecule has 1 saturated heterocycles. The standard InChI is InChI=1S/C30H38N4O3S/c1-6-38(36,37)23-9-7-8-21(15-23)25-16-24(30(35)32-22-10-12-34(13-11-22)18(2)3)20(5)28-27(25)26-14-19(4)17-31-29(26)33-28/h7-9,14-18,22,27-28H,6,10-13H2,1-5H3,(H,31,33)(H,32,35). The number of nitrogens with zero attached hydrogens (tertiary/aromatic N) is 2. The number of carbonyl (C=O) groups excluding carboxylic acids is 1. The summed E-state index contributed by atoms with van der Waals surface area (Å²) in [4.78, 5) is 21.1. The quantitative estimate of drug-likeness (QED) is 0.569. The number of pyridine rings is 1. The van der Waals surface area contributed by atoms with Gasteiger partial charge in [-0.1, -0.05) is 25.1 Å². The van der Waals surface area contributed by atoms with Crippen LogP contribution in [0.1, 0.15) is 63.1 Å². The summed E-state index contributed by atoms with van der Waals surface area (Å²) in [5, 5.41) is 6.86. The SMILES string of the molecule is CCS(=O)(=O)c1cccc(C2=CC(C(=O)NC3CCN(C(C)C)CC3)=C(C)C3Nc4ncc(C)cc4C23)c1. The molecule has 0 spiro atoms. The fraction of sp³-hybridized carbons (Fsp3) is 0.467. The van der Waals surface area contributed by atoms with E-state index in [0.29, 0.717) is 16.5 Å². The van der Waals surface area contributed by atoms with Gasteiger partial charge in [0.25, 0.3) is 5.91 Å². The molecule has 0 saturated carbocycles. The van der Waals surface area contributed by atoms with Gasteiger partial charge in [-0.2, -0.15) is 0 Å². The van der Waals surface area contributed by atoms with E-state index in [-0.39, 0.29) is 29.7 Å². The molecule has 7 nitrogen and oxygen atoms in total. The predicted octanol–water partition coefficient (Wildman–Crippen LogP) is 4.46. The van der Waals surface area contributed by atoms with Gasteiger partial charge in [-0.15, -0.1) is 0 Å². The molecule has 2 aromatic rings. The van der Waals surface area contributed by atoms with Crippen molar-refractivity contribution in [3.05, 3.63) is 70.4 Å². The van der Waals surface area contributed by atoms with Crippen LogP contribution < -0.4 is 10.6 Å². The minimum absolute atomic E-state index is 0.0390. The predicted molar refractivity (Wildman–Crippen MR) is 152 cm³/mol. The molecule has 1 aliphatic carbocycles. The molecule has 2 aliphatic heterocycles. The molecule has 5 rings (SSSR count). The number of fused-ring (bicyclic) bond motifs is 3. The summed E-state index contributed by atoms with van der Waals surface area (Å²) < 4.78 is 25.4. The van der Waals surface area contributed by atoms with Crippen LogP contribution in [0.2, 0.25) is 0 Å². The Balaban J connectivity index is 1.53. The number of nitrogens with one attached hydrogen (secondary N) is 2. The molecule has 2 atom stereocenters. The minimum atomic E-state index is -3.37. The number of carbonyl (C=O) groups is 1. The molecule has 3 heterocycles. The maximum Gasteiger partial charge on any atom is 0.251 e. The van der Waals surface area contributed by atoms with Crippen LogP contribution in [0, 0.1) is 6.92 Å². The Labute approximate surface area is 226 Å². The first kappa shape index (κ1) is 26.6. The van der Waals surface area contributed by atoms with Crippen molar-refractivity contribution in [1.29, 1.82) is 0 Å². The Kier molecular flexibility index (Phi) is 7.22. The van der Waals surface area contributed by atoms with Crippen LogP contribution in [0.4, 0.5) is 5.82 Å². The van der Waals surface area contributed by atoms with Gasteiger partial charge in [0.1, 0.15) is 5.82 Å². The molecule has 0 bridgehead atoms. The van der Waals surface area contributed by atoms with Crippen LogP contribution in [-0.2, 0) is 14.6 Å². The Morgan fingerprint density at radius 2 is 1.92 bits per heavy atom. The zero-order valence-electron chi connectivity index (χ0n) is 22.9. The zero-order valence-corrected chi connectivity index (χ0v) is 23.7. The molecule has 1 aromatic heterocycles. The normalized spacial score (nSPS) is 22.1. The maximum atomic E-state index is 13.7. The Morgan fingerprint density at radius 1 is 1.18 bits per heavy atom. The maximum absolute atomic E-state index is 13.7. The fourth-order valence-electron chi connectivity index (χ4n) is 5.96. The van der Waals surface area contributed by atoms with Crippen LogP contribution in [0.3, 0.4) is 0 Å². The second kappa shape index (κ2) is 10.3. The van der Waals surface area contributed by atoms with E-state index in [1.165, 1.54) is 0 Å². The first-order valence-electron chi connectivity index (χ1n) is 13.6. The molecule has 2 N–H and O–H groups in total. The van der Waals surface area contributed by atoms with Crippen LogP contribution in [-0.4, -0.2) is 61.2 Å². The topological polar surface area (TPSA) is 91.4 Å². The third kappa shape index (κ3) is 4.92. The molecule has 1 amide bonds. The van der Waals surface area contributed by atoms with Gasteiger partial charge in [0.2, 0.25) is 0 Å². The number of sulfone groups is 1. The Bertz CT molecular complexity index is 1420. The van der Waals surface area contributed by atoms with E-state index in [1.807, 2.05) is 32.2 Å². The highest BCUT2D eigenvalue weighted by Crippen LogP contribution is 2.49. The summed E-state index contributed by atoms with van der Waals surface area (Å²) in [6.07, 6.45) is 5.69. The molecule has 1 aromatic carbocycles. The smallest absolute Gasteiger partial charge is 0.251 e. The van der Waals surface area contributed by atoms with Gasteiger partial charge in [-0.3, -0.25) is 4.79 Å². The molecule has 3 aliphatic rings. The lowest BCUT2D eigenvalue weighted by atomic mass is 9.75. The van der Waals surface area contributed by atoms with Gasteiger partial charge in [0.05, 0.1) is 16.7 Å². The summed E-state index contributed by atoms with van der Waals surface area (Å²) in [5.74, 6) is 0.719. The molecule has 0 radical (unpaired) electrons. The lowest BCUT2D eigenvalue weighted by Crippen LogP contribution is -2.47. The van der Waals surface area contributed by atoms with Crippen molar-refractivity contribution in [2.75, 3.05) is 24.2 Å². The zero-order chi connectivity index (χ0) is 27.2. The van der Waals surface area contributed by atoms with Gasteiger partial charge in [0, 0.05) is 48.4 Å². The average molecular weight is 535 g/mol. The number of rotatable bonds is 6. The second-order valence-corrected chi connectivity index (χ2v) is 13.3. The summed E-state index contributed by atoms with van der Waals surface area (Å²) >= 11 is 0. The summed E-state index contributed by atoms with van der Waals surface area (Å²) in [6.45, 7) is 12.1. The summed E-state index contributed by atoms with van der Waals surface area (Å²) in [5.41, 5.74) is 5.51. The van der Waals surface area contributed by atoms with E-state index in [4.69, 9.17) is 0 Å². The van der Waals surface area contributed by atoms with Crippen LogP contribution in [0.15, 0.2) is 58.6 Å². The van der Waals surface area contributed by atoms with Gasteiger partial charge in [-0.25, -0.2) is 13.4 Å². The highest BCUT2D eigenvalue weighted by molar-refractivity contribution is 7.91. The van der Waals surface area contributed by atoms with Gasteiger partial charge >= 0.3 is 0 Å². The Morgan fingerprint density at radius 3 is 2.61 bits per heavy atom. The van der Waals surface area contributed by atoms with Crippen molar-refractivity contribution < 1.29 is 13.2 Å². The molecule has 2 unspecified atom stereocenters. The molecule has 8 heteroatoms. The number of piperidine rings is 1. The monoisotopic (exact) mass is 534 g/mol. The third-order valence-electron chi connectivity index (χ3n) is 8.29. The van der Waals surface area contributed by atoms with E-state index < -0.39 is 9.84 Å². The highest BCUT2D eigenvalue weighted by Gasteiger charge is 2.41.